The molecule has 0 spiro atoms. The Labute approximate surface area is 157 Å². The standard InChI is InChI=1S/C22H32O4/c1-2-3-12-15-20(23)16-13-10-8-6-4-5-7-9-11-14-17-21(24)18-19-22(25)26/h3-5,8-12,14,16-17,21,23-24H,2,6-7,13,15,18-19H2,1H3,(H,25,26)/b5-4-,10-8-,11-9-,12-3-,17-14+,20-16+. The lowest BCUT2D eigenvalue weighted by atomic mass is 10.2. The van der Waals surface area contributed by atoms with Crippen molar-refractivity contribution in [2.75, 3.05) is 0 Å². The Morgan fingerprint density at radius 3 is 2.19 bits per heavy atom. The van der Waals surface area contributed by atoms with Crippen molar-refractivity contribution in [1.82, 2.24) is 0 Å². The summed E-state index contributed by atoms with van der Waals surface area (Å²) in [7, 11) is 0. The van der Waals surface area contributed by atoms with Crippen LogP contribution < -0.4 is 0 Å². The topological polar surface area (TPSA) is 77.8 Å². The third-order valence-electron chi connectivity index (χ3n) is 3.33. The highest BCUT2D eigenvalue weighted by Crippen LogP contribution is 2.02. The molecular weight excluding hydrogens is 328 g/mol. The van der Waals surface area contributed by atoms with Gasteiger partial charge >= 0.3 is 5.97 Å². The van der Waals surface area contributed by atoms with Gasteiger partial charge in [0.15, 0.2) is 0 Å². The van der Waals surface area contributed by atoms with Crippen LogP contribution in [0, 0.1) is 0 Å². The molecule has 0 aliphatic carbocycles. The summed E-state index contributed by atoms with van der Waals surface area (Å²) in [5.41, 5.74) is 0. The monoisotopic (exact) mass is 360 g/mol. The minimum Gasteiger partial charge on any atom is -0.512 e. The van der Waals surface area contributed by atoms with Crippen molar-refractivity contribution in [2.24, 2.45) is 0 Å². The summed E-state index contributed by atoms with van der Waals surface area (Å²) in [4.78, 5) is 10.4. The summed E-state index contributed by atoms with van der Waals surface area (Å²) in [5, 5.41) is 27.6. The van der Waals surface area contributed by atoms with E-state index < -0.39 is 12.1 Å². The Morgan fingerprint density at radius 2 is 1.54 bits per heavy atom. The first-order chi connectivity index (χ1) is 12.6. The second kappa shape index (κ2) is 17.5. The van der Waals surface area contributed by atoms with E-state index in [2.05, 4.69) is 25.2 Å². The van der Waals surface area contributed by atoms with Crippen molar-refractivity contribution in [3.05, 3.63) is 72.6 Å². The highest BCUT2D eigenvalue weighted by atomic mass is 16.4. The van der Waals surface area contributed by atoms with Crippen LogP contribution >= 0.6 is 0 Å². The van der Waals surface area contributed by atoms with Gasteiger partial charge < -0.3 is 15.3 Å². The van der Waals surface area contributed by atoms with Gasteiger partial charge in [-0.3, -0.25) is 4.79 Å². The van der Waals surface area contributed by atoms with Gasteiger partial charge in [-0.15, -0.1) is 0 Å². The quantitative estimate of drug-likeness (QED) is 0.220. The molecule has 0 aliphatic heterocycles. The van der Waals surface area contributed by atoms with Crippen molar-refractivity contribution in [1.29, 1.82) is 0 Å². The second-order valence-corrected chi connectivity index (χ2v) is 5.74. The van der Waals surface area contributed by atoms with Crippen molar-refractivity contribution < 1.29 is 20.1 Å². The van der Waals surface area contributed by atoms with Gasteiger partial charge in [0, 0.05) is 12.8 Å². The molecule has 0 fully saturated rings. The van der Waals surface area contributed by atoms with E-state index in [9.17, 15) is 15.0 Å². The predicted molar refractivity (Wildman–Crippen MR) is 108 cm³/mol. The lowest BCUT2D eigenvalue weighted by molar-refractivity contribution is -0.137. The first-order valence-electron chi connectivity index (χ1n) is 9.12. The van der Waals surface area contributed by atoms with E-state index in [4.69, 9.17) is 5.11 Å². The van der Waals surface area contributed by atoms with E-state index >= 15 is 0 Å². The number of carboxylic acid groups (broad SMARTS) is 1. The van der Waals surface area contributed by atoms with Gasteiger partial charge in [0.1, 0.15) is 0 Å². The van der Waals surface area contributed by atoms with Gasteiger partial charge in [0.2, 0.25) is 0 Å². The highest BCUT2D eigenvalue weighted by Gasteiger charge is 2.02. The minimum atomic E-state index is -0.899. The van der Waals surface area contributed by atoms with Crippen LogP contribution in [0.3, 0.4) is 0 Å². The summed E-state index contributed by atoms with van der Waals surface area (Å²) in [6.45, 7) is 2.07. The highest BCUT2D eigenvalue weighted by molar-refractivity contribution is 5.66. The molecule has 3 N–H and O–H groups in total. The minimum absolute atomic E-state index is 0.0310. The Bertz CT molecular complexity index is 536. The van der Waals surface area contributed by atoms with Gasteiger partial charge in [-0.25, -0.2) is 0 Å². The van der Waals surface area contributed by atoms with E-state index in [1.807, 2.05) is 36.5 Å². The van der Waals surface area contributed by atoms with Gasteiger partial charge in [-0.1, -0.05) is 67.7 Å². The van der Waals surface area contributed by atoms with E-state index in [1.165, 1.54) is 0 Å². The first kappa shape index (κ1) is 23.7. The maximum absolute atomic E-state index is 10.4. The molecule has 0 aromatic carbocycles. The van der Waals surface area contributed by atoms with E-state index in [1.54, 1.807) is 12.2 Å². The van der Waals surface area contributed by atoms with E-state index in [0.717, 1.165) is 25.7 Å². The van der Waals surface area contributed by atoms with Gasteiger partial charge in [0.05, 0.1) is 11.9 Å². The zero-order valence-corrected chi connectivity index (χ0v) is 15.6. The number of aliphatic hydroxyl groups excluding tert-OH is 2. The van der Waals surface area contributed by atoms with E-state index in [-0.39, 0.29) is 12.8 Å². The van der Waals surface area contributed by atoms with Gasteiger partial charge in [0.25, 0.3) is 0 Å². The lowest BCUT2D eigenvalue weighted by Crippen LogP contribution is -2.05. The number of aliphatic carboxylic acids is 1. The number of carbonyl (C=O) groups is 1. The molecule has 0 bridgehead atoms. The zero-order valence-electron chi connectivity index (χ0n) is 15.6. The maximum atomic E-state index is 10.4. The van der Waals surface area contributed by atoms with Crippen LogP contribution in [0.25, 0.3) is 0 Å². The Morgan fingerprint density at radius 1 is 0.885 bits per heavy atom. The number of carboxylic acids is 1. The second-order valence-electron chi connectivity index (χ2n) is 5.74. The third-order valence-corrected chi connectivity index (χ3v) is 3.33. The summed E-state index contributed by atoms with van der Waals surface area (Å²) in [5.74, 6) is -0.495. The van der Waals surface area contributed by atoms with Crippen LogP contribution in [-0.2, 0) is 4.79 Å². The summed E-state index contributed by atoms with van der Waals surface area (Å²) in [6.07, 6.45) is 24.6. The zero-order chi connectivity index (χ0) is 19.5. The predicted octanol–water partition coefficient (Wildman–Crippen LogP) is 5.41. The molecule has 1 atom stereocenters. The Kier molecular flexibility index (Phi) is 15.9. The molecule has 0 heterocycles. The molecule has 144 valence electrons. The average Bonchev–Trinajstić information content (AvgIpc) is 2.61. The molecule has 1 unspecified atom stereocenters. The Hall–Kier alpha value is -2.33. The fourth-order valence-electron chi connectivity index (χ4n) is 1.92. The molecule has 4 heteroatoms. The van der Waals surface area contributed by atoms with Gasteiger partial charge in [-0.2, -0.15) is 0 Å². The maximum Gasteiger partial charge on any atom is 0.303 e. The Balaban J connectivity index is 3.79. The fourth-order valence-corrected chi connectivity index (χ4v) is 1.92. The van der Waals surface area contributed by atoms with Crippen LogP contribution in [0.1, 0.15) is 51.9 Å². The third kappa shape index (κ3) is 18.0. The average molecular weight is 360 g/mol. The molecule has 4 nitrogen and oxygen atoms in total. The largest absolute Gasteiger partial charge is 0.512 e. The molecule has 26 heavy (non-hydrogen) atoms. The molecule has 0 amide bonds. The summed E-state index contributed by atoms with van der Waals surface area (Å²) in [6, 6.07) is 0. The molecule has 0 aromatic heterocycles. The van der Waals surface area contributed by atoms with Crippen LogP contribution in [0.2, 0.25) is 0 Å². The molecule has 0 aliphatic rings. The molecular formula is C22H32O4. The normalized spacial score (nSPS) is 14.6. The fraction of sp³-hybridized carbons (Fsp3) is 0.409. The number of hydrogen-bond acceptors (Lipinski definition) is 3. The SMILES string of the molecule is CC/C=C\C/C(O)=C\C/C=C\C/C=C\C/C=C\C=C\C(O)CCC(=O)O. The van der Waals surface area contributed by atoms with Crippen LogP contribution in [-0.4, -0.2) is 27.4 Å². The van der Waals surface area contributed by atoms with E-state index in [0.29, 0.717) is 12.2 Å². The number of rotatable bonds is 14. The molecule has 0 radical (unpaired) electrons. The lowest BCUT2D eigenvalue weighted by Gasteiger charge is -2.00. The molecule has 0 saturated carbocycles. The molecule has 0 rings (SSSR count). The van der Waals surface area contributed by atoms with Crippen molar-refractivity contribution >= 4 is 5.97 Å². The van der Waals surface area contributed by atoms with Crippen molar-refractivity contribution in [3.8, 4) is 0 Å². The van der Waals surface area contributed by atoms with Crippen molar-refractivity contribution in [2.45, 2.75) is 58.0 Å². The number of hydrogen-bond donors (Lipinski definition) is 3. The smallest absolute Gasteiger partial charge is 0.303 e. The molecule has 0 saturated heterocycles. The van der Waals surface area contributed by atoms with Crippen molar-refractivity contribution in [3.63, 3.8) is 0 Å². The summed E-state index contributed by atoms with van der Waals surface area (Å²) >= 11 is 0. The van der Waals surface area contributed by atoms with Gasteiger partial charge in [-0.05, 0) is 38.2 Å². The molecule has 0 aromatic rings. The summed E-state index contributed by atoms with van der Waals surface area (Å²) < 4.78 is 0. The van der Waals surface area contributed by atoms with Crippen LogP contribution in [0.15, 0.2) is 72.6 Å². The number of aliphatic hydroxyl groups is 2. The number of allylic oxidation sites excluding steroid dienone is 10. The van der Waals surface area contributed by atoms with Crippen LogP contribution in [0.5, 0.6) is 0 Å². The van der Waals surface area contributed by atoms with Crippen LogP contribution in [0.4, 0.5) is 0 Å². The first-order valence-corrected chi connectivity index (χ1v) is 9.12.